The van der Waals surface area contributed by atoms with E-state index in [1.165, 1.54) is 6.20 Å². The average Bonchev–Trinajstić information content (AvgIpc) is 2.53. The third-order valence-electron chi connectivity index (χ3n) is 3.95. The fourth-order valence-corrected chi connectivity index (χ4v) is 2.89. The highest BCUT2D eigenvalue weighted by Crippen LogP contribution is 2.36. The zero-order chi connectivity index (χ0) is 16.6. The van der Waals surface area contributed by atoms with Crippen LogP contribution in [0.1, 0.15) is 5.56 Å². The fraction of sp³-hybridized carbons (Fsp3) is 0.167. The van der Waals surface area contributed by atoms with Crippen LogP contribution in [0.25, 0.3) is 11.1 Å². The zero-order valence-corrected chi connectivity index (χ0v) is 13.7. The van der Waals surface area contributed by atoms with Crippen LogP contribution in [0.2, 0.25) is 5.02 Å². The summed E-state index contributed by atoms with van der Waals surface area (Å²) in [4.78, 5) is 13.2. The van der Waals surface area contributed by atoms with E-state index >= 15 is 0 Å². The van der Waals surface area contributed by atoms with Crippen molar-refractivity contribution in [3.05, 3.63) is 58.8 Å². The lowest BCUT2D eigenvalue weighted by Gasteiger charge is -2.19. The van der Waals surface area contributed by atoms with Crippen molar-refractivity contribution in [2.24, 2.45) is 0 Å². The monoisotopic (exact) mass is 328 g/mol. The number of fused-ring (bicyclic) bond motifs is 1. The van der Waals surface area contributed by atoms with E-state index in [0.29, 0.717) is 17.0 Å². The SMILES string of the molecule is CN(C)c1ccc(-c2cc3c(cc2Cl)NC=C(C(=O)O)C3)cc1. The van der Waals surface area contributed by atoms with Crippen LogP contribution < -0.4 is 10.2 Å². The number of nitrogens with one attached hydrogen (secondary N) is 1. The molecule has 23 heavy (non-hydrogen) atoms. The van der Waals surface area contributed by atoms with Crippen molar-refractivity contribution >= 4 is 28.9 Å². The summed E-state index contributed by atoms with van der Waals surface area (Å²) in [5.74, 6) is -0.907. The predicted octanol–water partition coefficient (Wildman–Crippen LogP) is 4.01. The summed E-state index contributed by atoms with van der Waals surface area (Å²) >= 11 is 6.41. The van der Waals surface area contributed by atoms with Crippen molar-refractivity contribution in [3.63, 3.8) is 0 Å². The van der Waals surface area contributed by atoms with Gasteiger partial charge in [0.05, 0.1) is 10.6 Å². The Labute approximate surface area is 140 Å². The van der Waals surface area contributed by atoms with Gasteiger partial charge in [-0.05, 0) is 35.4 Å². The Morgan fingerprint density at radius 3 is 2.52 bits per heavy atom. The first-order valence-electron chi connectivity index (χ1n) is 7.25. The van der Waals surface area contributed by atoms with Gasteiger partial charge < -0.3 is 15.3 Å². The minimum atomic E-state index is -0.907. The highest BCUT2D eigenvalue weighted by atomic mass is 35.5. The zero-order valence-electron chi connectivity index (χ0n) is 12.9. The highest BCUT2D eigenvalue weighted by Gasteiger charge is 2.18. The molecule has 0 saturated heterocycles. The molecule has 1 aliphatic rings. The number of hydrogen-bond acceptors (Lipinski definition) is 3. The number of carbonyl (C=O) groups is 1. The van der Waals surface area contributed by atoms with Gasteiger partial charge in [0, 0.05) is 43.7 Å². The summed E-state index contributed by atoms with van der Waals surface area (Å²) in [6, 6.07) is 11.9. The Morgan fingerprint density at radius 1 is 1.22 bits per heavy atom. The van der Waals surface area contributed by atoms with Crippen LogP contribution >= 0.6 is 11.6 Å². The molecule has 0 spiro atoms. The molecule has 5 heteroatoms. The van der Waals surface area contributed by atoms with Crippen LogP contribution in [-0.4, -0.2) is 25.2 Å². The maximum absolute atomic E-state index is 11.1. The second kappa shape index (κ2) is 5.97. The largest absolute Gasteiger partial charge is 0.478 e. The maximum Gasteiger partial charge on any atom is 0.333 e. The lowest BCUT2D eigenvalue weighted by atomic mass is 9.95. The number of hydrogen-bond donors (Lipinski definition) is 2. The molecule has 0 aromatic heterocycles. The Kier molecular flexibility index (Phi) is 4.01. The van der Waals surface area contributed by atoms with Gasteiger partial charge in [0.25, 0.3) is 0 Å². The molecule has 118 valence electrons. The molecule has 3 rings (SSSR count). The number of anilines is 2. The Balaban J connectivity index is 1.99. The van der Waals surface area contributed by atoms with Crippen LogP contribution in [-0.2, 0) is 11.2 Å². The van der Waals surface area contributed by atoms with Crippen molar-refractivity contribution in [3.8, 4) is 11.1 Å². The first-order valence-corrected chi connectivity index (χ1v) is 7.62. The minimum absolute atomic E-state index is 0.341. The van der Waals surface area contributed by atoms with Gasteiger partial charge in [-0.1, -0.05) is 23.7 Å². The van der Waals surface area contributed by atoms with Crippen molar-refractivity contribution in [2.75, 3.05) is 24.3 Å². The first-order chi connectivity index (χ1) is 11.0. The molecule has 0 aliphatic carbocycles. The van der Waals surface area contributed by atoms with Crippen LogP contribution in [0, 0.1) is 0 Å². The summed E-state index contributed by atoms with van der Waals surface area (Å²) in [5.41, 5.74) is 5.16. The molecule has 0 atom stereocenters. The van der Waals surface area contributed by atoms with E-state index in [4.69, 9.17) is 16.7 Å². The van der Waals surface area contributed by atoms with Gasteiger partial charge in [-0.25, -0.2) is 4.79 Å². The Hall–Kier alpha value is -2.46. The van der Waals surface area contributed by atoms with E-state index in [1.54, 1.807) is 0 Å². The maximum atomic E-state index is 11.1. The average molecular weight is 329 g/mol. The third-order valence-corrected chi connectivity index (χ3v) is 4.26. The van der Waals surface area contributed by atoms with Gasteiger partial charge in [-0.15, -0.1) is 0 Å². The van der Waals surface area contributed by atoms with E-state index < -0.39 is 5.97 Å². The number of benzene rings is 2. The van der Waals surface area contributed by atoms with Gasteiger partial charge in [0.2, 0.25) is 0 Å². The van der Waals surface area contributed by atoms with Crippen molar-refractivity contribution in [1.29, 1.82) is 0 Å². The van der Waals surface area contributed by atoms with Gasteiger partial charge >= 0.3 is 5.97 Å². The van der Waals surface area contributed by atoms with Gasteiger partial charge in [-0.2, -0.15) is 0 Å². The Bertz CT molecular complexity index is 795. The quantitative estimate of drug-likeness (QED) is 0.894. The summed E-state index contributed by atoms with van der Waals surface area (Å²) in [7, 11) is 3.98. The molecule has 4 nitrogen and oxygen atoms in total. The highest BCUT2D eigenvalue weighted by molar-refractivity contribution is 6.33. The number of rotatable bonds is 3. The molecule has 0 unspecified atom stereocenters. The van der Waals surface area contributed by atoms with Gasteiger partial charge in [0.15, 0.2) is 0 Å². The molecule has 2 N–H and O–H groups in total. The topological polar surface area (TPSA) is 52.6 Å². The fourth-order valence-electron chi connectivity index (χ4n) is 2.62. The summed E-state index contributed by atoms with van der Waals surface area (Å²) in [5, 5.41) is 12.8. The van der Waals surface area contributed by atoms with Crippen molar-refractivity contribution < 1.29 is 9.90 Å². The van der Waals surface area contributed by atoms with Crippen LogP contribution in [0.15, 0.2) is 48.2 Å². The van der Waals surface area contributed by atoms with Crippen LogP contribution in [0.3, 0.4) is 0 Å². The molecular formula is C18H17ClN2O2. The standard InChI is InChI=1S/C18H17ClN2O2/c1-21(2)14-5-3-11(4-6-14)15-8-12-7-13(18(22)23)10-20-17(12)9-16(15)19/h3-6,8-10,20H,7H2,1-2H3,(H,22,23). The first kappa shape index (κ1) is 15.4. The number of carboxylic acids is 1. The van der Waals surface area contributed by atoms with Gasteiger partial charge in [-0.3, -0.25) is 0 Å². The minimum Gasteiger partial charge on any atom is -0.478 e. The molecular weight excluding hydrogens is 312 g/mol. The Morgan fingerprint density at radius 2 is 1.91 bits per heavy atom. The summed E-state index contributed by atoms with van der Waals surface area (Å²) in [6.07, 6.45) is 1.91. The molecule has 1 aliphatic heterocycles. The summed E-state index contributed by atoms with van der Waals surface area (Å²) in [6.45, 7) is 0. The third kappa shape index (κ3) is 3.03. The lowest BCUT2D eigenvalue weighted by molar-refractivity contribution is -0.132. The van der Waals surface area contributed by atoms with E-state index in [9.17, 15) is 4.79 Å². The summed E-state index contributed by atoms with van der Waals surface area (Å²) < 4.78 is 0. The van der Waals surface area contributed by atoms with E-state index in [0.717, 1.165) is 28.1 Å². The normalized spacial score (nSPS) is 12.9. The second-order valence-corrected chi connectivity index (χ2v) is 6.13. The molecule has 2 aromatic carbocycles. The molecule has 0 fully saturated rings. The number of halogens is 1. The lowest BCUT2D eigenvalue weighted by Crippen LogP contribution is -2.12. The second-order valence-electron chi connectivity index (χ2n) is 5.73. The molecule has 1 heterocycles. The van der Waals surface area contributed by atoms with Crippen molar-refractivity contribution in [2.45, 2.75) is 6.42 Å². The number of carboxylic acid groups (broad SMARTS) is 1. The predicted molar refractivity (Wildman–Crippen MR) is 94.3 cm³/mol. The smallest absolute Gasteiger partial charge is 0.333 e. The molecule has 0 saturated carbocycles. The number of aliphatic carboxylic acids is 1. The van der Waals surface area contributed by atoms with Crippen molar-refractivity contribution in [1.82, 2.24) is 0 Å². The van der Waals surface area contributed by atoms with Crippen LogP contribution in [0.4, 0.5) is 11.4 Å². The molecule has 0 radical (unpaired) electrons. The van der Waals surface area contributed by atoms with E-state index in [2.05, 4.69) is 5.32 Å². The van der Waals surface area contributed by atoms with Gasteiger partial charge in [0.1, 0.15) is 0 Å². The molecule has 2 aromatic rings. The van der Waals surface area contributed by atoms with E-state index in [1.807, 2.05) is 55.4 Å². The van der Waals surface area contributed by atoms with E-state index in [-0.39, 0.29) is 0 Å². The van der Waals surface area contributed by atoms with Crippen LogP contribution in [0.5, 0.6) is 0 Å². The molecule has 0 amide bonds. The molecule has 0 bridgehead atoms. The number of nitrogens with zero attached hydrogens (tertiary/aromatic N) is 1.